The van der Waals surface area contributed by atoms with Crippen LogP contribution in [0, 0.1) is 0 Å². The molecule has 0 spiro atoms. The number of carbonyl (C=O) groups excluding carboxylic acids is 1. The Morgan fingerprint density at radius 1 is 1.24 bits per heavy atom. The number of carbonyl (C=O) groups is 1. The SMILES string of the molecule is CCC(NC(=O)c1ncn2c1COC(c1ccccc1)C2)c1ccc(OC)cc1. The normalized spacial score (nSPS) is 16.7. The fourth-order valence-electron chi connectivity index (χ4n) is 3.67. The van der Waals surface area contributed by atoms with Crippen LogP contribution in [0.4, 0.5) is 0 Å². The van der Waals surface area contributed by atoms with Gasteiger partial charge in [-0.05, 0) is 29.7 Å². The first-order valence-corrected chi connectivity index (χ1v) is 9.85. The summed E-state index contributed by atoms with van der Waals surface area (Å²) < 4.78 is 13.3. The summed E-state index contributed by atoms with van der Waals surface area (Å²) in [5.41, 5.74) is 3.42. The molecule has 1 aromatic heterocycles. The molecule has 1 aliphatic heterocycles. The summed E-state index contributed by atoms with van der Waals surface area (Å²) in [6.07, 6.45) is 2.48. The number of ether oxygens (including phenoxy) is 2. The second kappa shape index (κ2) is 8.49. The van der Waals surface area contributed by atoms with Gasteiger partial charge in [-0.2, -0.15) is 0 Å². The molecule has 1 aliphatic rings. The fourth-order valence-corrected chi connectivity index (χ4v) is 3.67. The summed E-state index contributed by atoms with van der Waals surface area (Å²) in [7, 11) is 1.64. The first-order valence-electron chi connectivity index (χ1n) is 9.85. The maximum atomic E-state index is 12.9. The highest BCUT2D eigenvalue weighted by molar-refractivity contribution is 5.93. The number of nitrogens with one attached hydrogen (secondary N) is 1. The summed E-state index contributed by atoms with van der Waals surface area (Å²) in [6.45, 7) is 3.06. The smallest absolute Gasteiger partial charge is 0.272 e. The van der Waals surface area contributed by atoms with Gasteiger partial charge in [0.15, 0.2) is 5.69 Å². The van der Waals surface area contributed by atoms with Crippen LogP contribution in [-0.4, -0.2) is 22.6 Å². The third-order valence-corrected chi connectivity index (χ3v) is 5.35. The zero-order valence-electron chi connectivity index (χ0n) is 16.7. The van der Waals surface area contributed by atoms with Crippen molar-refractivity contribution in [1.29, 1.82) is 0 Å². The highest BCUT2D eigenvalue weighted by atomic mass is 16.5. The van der Waals surface area contributed by atoms with Crippen molar-refractivity contribution in [2.75, 3.05) is 7.11 Å². The van der Waals surface area contributed by atoms with Crippen LogP contribution in [0.1, 0.15) is 52.8 Å². The minimum absolute atomic E-state index is 0.0310. The Bertz CT molecular complexity index is 967. The fraction of sp³-hybridized carbons (Fsp3) is 0.304. The molecule has 0 saturated carbocycles. The van der Waals surface area contributed by atoms with Crippen molar-refractivity contribution < 1.29 is 14.3 Å². The van der Waals surface area contributed by atoms with E-state index in [0.29, 0.717) is 18.8 Å². The van der Waals surface area contributed by atoms with Crippen molar-refractivity contribution in [1.82, 2.24) is 14.9 Å². The molecule has 0 saturated heterocycles. The van der Waals surface area contributed by atoms with Gasteiger partial charge in [0.1, 0.15) is 11.9 Å². The number of amides is 1. The van der Waals surface area contributed by atoms with Gasteiger partial charge >= 0.3 is 0 Å². The van der Waals surface area contributed by atoms with Crippen molar-refractivity contribution in [2.45, 2.75) is 38.6 Å². The molecule has 3 aromatic rings. The van der Waals surface area contributed by atoms with E-state index in [4.69, 9.17) is 9.47 Å². The van der Waals surface area contributed by atoms with Gasteiger partial charge in [0.2, 0.25) is 0 Å². The lowest BCUT2D eigenvalue weighted by molar-refractivity contribution is 0.00256. The third kappa shape index (κ3) is 4.03. The molecule has 1 N–H and O–H groups in total. The van der Waals surface area contributed by atoms with E-state index in [1.165, 1.54) is 0 Å². The lowest BCUT2D eigenvalue weighted by Gasteiger charge is -2.26. The molecule has 29 heavy (non-hydrogen) atoms. The zero-order valence-corrected chi connectivity index (χ0v) is 16.7. The lowest BCUT2D eigenvalue weighted by Crippen LogP contribution is -2.30. The molecule has 2 unspecified atom stereocenters. The van der Waals surface area contributed by atoms with E-state index in [-0.39, 0.29) is 18.1 Å². The minimum Gasteiger partial charge on any atom is -0.497 e. The molecule has 0 aliphatic carbocycles. The molecule has 0 fully saturated rings. The number of hydrogen-bond donors (Lipinski definition) is 1. The molecule has 150 valence electrons. The number of nitrogens with zero attached hydrogens (tertiary/aromatic N) is 2. The summed E-state index contributed by atoms with van der Waals surface area (Å²) in [4.78, 5) is 17.3. The molecule has 6 nitrogen and oxygen atoms in total. The van der Waals surface area contributed by atoms with E-state index in [2.05, 4.69) is 22.4 Å². The molecule has 2 heterocycles. The Morgan fingerprint density at radius 3 is 2.69 bits per heavy atom. The van der Waals surface area contributed by atoms with Crippen LogP contribution in [0.25, 0.3) is 0 Å². The minimum atomic E-state index is -0.178. The monoisotopic (exact) mass is 391 g/mol. The standard InChI is InChI=1S/C23H25N3O3/c1-3-19(16-9-11-18(28-2)12-10-16)25-23(27)22-20-14-29-21(13-26(20)15-24-22)17-7-5-4-6-8-17/h4-12,15,19,21H,3,13-14H2,1-2H3,(H,25,27). The number of hydrogen-bond acceptors (Lipinski definition) is 4. The predicted octanol–water partition coefficient (Wildman–Crippen LogP) is 4.04. The average Bonchev–Trinajstić information content (AvgIpc) is 3.21. The quantitative estimate of drug-likeness (QED) is 0.689. The molecule has 4 rings (SSSR count). The van der Waals surface area contributed by atoms with Gasteiger partial charge in [-0.15, -0.1) is 0 Å². The van der Waals surface area contributed by atoms with Gasteiger partial charge in [-0.25, -0.2) is 4.98 Å². The molecule has 2 aromatic carbocycles. The van der Waals surface area contributed by atoms with Crippen LogP contribution in [-0.2, 0) is 17.9 Å². The van der Waals surface area contributed by atoms with Crippen LogP contribution >= 0.6 is 0 Å². The molecule has 6 heteroatoms. The van der Waals surface area contributed by atoms with Crippen molar-refractivity contribution >= 4 is 5.91 Å². The lowest BCUT2D eigenvalue weighted by atomic mass is 10.0. The average molecular weight is 391 g/mol. The molecular weight excluding hydrogens is 366 g/mol. The van der Waals surface area contributed by atoms with Crippen LogP contribution in [0.2, 0.25) is 0 Å². The van der Waals surface area contributed by atoms with E-state index in [1.807, 2.05) is 54.0 Å². The Labute approximate surface area is 170 Å². The predicted molar refractivity (Wildman–Crippen MR) is 110 cm³/mol. The van der Waals surface area contributed by atoms with Crippen molar-refractivity contribution in [3.05, 3.63) is 83.4 Å². The van der Waals surface area contributed by atoms with E-state index in [0.717, 1.165) is 29.0 Å². The number of aromatic nitrogens is 2. The van der Waals surface area contributed by atoms with Crippen LogP contribution in [0.5, 0.6) is 5.75 Å². The third-order valence-electron chi connectivity index (χ3n) is 5.35. The second-order valence-corrected chi connectivity index (χ2v) is 7.11. The number of fused-ring (bicyclic) bond motifs is 1. The van der Waals surface area contributed by atoms with Crippen molar-refractivity contribution in [3.8, 4) is 5.75 Å². The van der Waals surface area contributed by atoms with E-state index < -0.39 is 0 Å². The topological polar surface area (TPSA) is 65.4 Å². The van der Waals surface area contributed by atoms with Gasteiger partial charge in [-0.1, -0.05) is 49.4 Å². The zero-order chi connectivity index (χ0) is 20.2. The van der Waals surface area contributed by atoms with Gasteiger partial charge in [0.25, 0.3) is 5.91 Å². The first kappa shape index (κ1) is 19.2. The van der Waals surface area contributed by atoms with Gasteiger partial charge < -0.3 is 19.4 Å². The van der Waals surface area contributed by atoms with Crippen LogP contribution < -0.4 is 10.1 Å². The summed E-state index contributed by atoms with van der Waals surface area (Å²) in [5, 5.41) is 3.10. The number of rotatable bonds is 6. The van der Waals surface area contributed by atoms with Gasteiger partial charge in [-0.3, -0.25) is 4.79 Å². The molecule has 2 atom stereocenters. The summed E-state index contributed by atoms with van der Waals surface area (Å²) in [5.74, 6) is 0.617. The number of benzene rings is 2. The number of methoxy groups -OCH3 is 1. The number of imidazole rings is 1. The molecule has 0 radical (unpaired) electrons. The van der Waals surface area contributed by atoms with E-state index in [1.54, 1.807) is 13.4 Å². The molecule has 0 bridgehead atoms. The first-order chi connectivity index (χ1) is 14.2. The highest BCUT2D eigenvalue weighted by Crippen LogP contribution is 2.28. The summed E-state index contributed by atoms with van der Waals surface area (Å²) in [6, 6.07) is 17.8. The Kier molecular flexibility index (Phi) is 5.62. The maximum Gasteiger partial charge on any atom is 0.272 e. The largest absolute Gasteiger partial charge is 0.497 e. The van der Waals surface area contributed by atoms with Crippen LogP contribution in [0.15, 0.2) is 60.9 Å². The Morgan fingerprint density at radius 2 is 2.00 bits per heavy atom. The Hall–Kier alpha value is -3.12. The second-order valence-electron chi connectivity index (χ2n) is 7.11. The Balaban J connectivity index is 1.48. The van der Waals surface area contributed by atoms with E-state index >= 15 is 0 Å². The van der Waals surface area contributed by atoms with Crippen LogP contribution in [0.3, 0.4) is 0 Å². The van der Waals surface area contributed by atoms with Gasteiger partial charge in [0, 0.05) is 0 Å². The molecular formula is C23H25N3O3. The summed E-state index contributed by atoms with van der Waals surface area (Å²) >= 11 is 0. The molecule has 1 amide bonds. The van der Waals surface area contributed by atoms with Gasteiger partial charge in [0.05, 0.1) is 38.3 Å². The van der Waals surface area contributed by atoms with Crippen molar-refractivity contribution in [2.24, 2.45) is 0 Å². The maximum absolute atomic E-state index is 12.9. The van der Waals surface area contributed by atoms with Crippen molar-refractivity contribution in [3.63, 3.8) is 0 Å². The highest BCUT2D eigenvalue weighted by Gasteiger charge is 2.27. The van der Waals surface area contributed by atoms with E-state index in [9.17, 15) is 4.79 Å².